The summed E-state index contributed by atoms with van der Waals surface area (Å²) in [7, 11) is 0. The lowest BCUT2D eigenvalue weighted by Crippen LogP contribution is -2.35. The van der Waals surface area contributed by atoms with Crippen LogP contribution in [0.4, 0.5) is 13.2 Å². The molecule has 0 radical (unpaired) electrons. The van der Waals surface area contributed by atoms with Crippen LogP contribution in [0.25, 0.3) is 0 Å². The van der Waals surface area contributed by atoms with Crippen molar-refractivity contribution in [2.75, 3.05) is 13.1 Å². The van der Waals surface area contributed by atoms with Gasteiger partial charge in [-0.15, -0.1) is 0 Å². The van der Waals surface area contributed by atoms with E-state index in [1.807, 2.05) is 0 Å². The van der Waals surface area contributed by atoms with Crippen LogP contribution in [-0.2, 0) is 11.8 Å². The monoisotopic (exact) mass is 313 g/mol. The molecule has 1 aliphatic carbocycles. The van der Waals surface area contributed by atoms with Gasteiger partial charge in [0.1, 0.15) is 0 Å². The van der Waals surface area contributed by atoms with Gasteiger partial charge in [-0.25, -0.2) is 0 Å². The van der Waals surface area contributed by atoms with Crippen molar-refractivity contribution < 1.29 is 18.3 Å². The second-order valence-electron chi connectivity index (χ2n) is 6.67. The second kappa shape index (κ2) is 5.85. The van der Waals surface area contributed by atoms with Crippen LogP contribution in [0, 0.1) is 11.8 Å². The summed E-state index contributed by atoms with van der Waals surface area (Å²) < 4.78 is 39.5. The summed E-state index contributed by atoms with van der Waals surface area (Å²) in [4.78, 5) is 0. The Labute approximate surface area is 128 Å². The van der Waals surface area contributed by atoms with Crippen molar-refractivity contribution in [3.05, 3.63) is 35.4 Å². The molecule has 2 nitrogen and oxygen atoms in total. The Morgan fingerprint density at radius 1 is 1.05 bits per heavy atom. The zero-order chi connectivity index (χ0) is 15.8. The standard InChI is InChI=1S/C17H22F3NO/c18-17(19,20)15-4-2-1-3-14(15)16(22)8-5-12(6-9-16)13-7-10-21-11-13/h1-4,12-13,21-22H,5-11H2. The molecule has 5 heteroatoms. The Morgan fingerprint density at radius 2 is 1.73 bits per heavy atom. The van der Waals surface area contributed by atoms with Gasteiger partial charge in [0.2, 0.25) is 0 Å². The molecule has 0 amide bonds. The molecule has 2 aliphatic rings. The molecule has 1 atom stereocenters. The van der Waals surface area contributed by atoms with E-state index in [2.05, 4.69) is 5.32 Å². The van der Waals surface area contributed by atoms with Gasteiger partial charge in [0.15, 0.2) is 0 Å². The first-order valence-corrected chi connectivity index (χ1v) is 8.00. The highest BCUT2D eigenvalue weighted by molar-refractivity contribution is 5.35. The van der Waals surface area contributed by atoms with Crippen LogP contribution in [0.3, 0.4) is 0 Å². The summed E-state index contributed by atoms with van der Waals surface area (Å²) in [5.41, 5.74) is -1.99. The maximum atomic E-state index is 13.2. The minimum atomic E-state index is -4.42. The molecule has 1 aromatic carbocycles. The average Bonchev–Trinajstić information content (AvgIpc) is 3.01. The number of nitrogens with one attached hydrogen (secondary N) is 1. The van der Waals surface area contributed by atoms with Gasteiger partial charge in [0.05, 0.1) is 11.2 Å². The van der Waals surface area contributed by atoms with Gasteiger partial charge in [0.25, 0.3) is 0 Å². The first-order chi connectivity index (χ1) is 10.4. The summed E-state index contributed by atoms with van der Waals surface area (Å²) in [5.74, 6) is 1.13. The lowest BCUT2D eigenvalue weighted by Gasteiger charge is -2.39. The first kappa shape index (κ1) is 15.8. The Bertz CT molecular complexity index is 515. The van der Waals surface area contributed by atoms with Crippen molar-refractivity contribution in [1.82, 2.24) is 5.32 Å². The maximum Gasteiger partial charge on any atom is 0.416 e. The van der Waals surface area contributed by atoms with E-state index in [0.29, 0.717) is 24.7 Å². The number of benzene rings is 1. The quantitative estimate of drug-likeness (QED) is 0.873. The summed E-state index contributed by atoms with van der Waals surface area (Å²) >= 11 is 0. The third-order valence-electron chi connectivity index (χ3n) is 5.36. The number of aliphatic hydroxyl groups is 1. The number of alkyl halides is 3. The van der Waals surface area contributed by atoms with Crippen molar-refractivity contribution in [3.8, 4) is 0 Å². The molecule has 0 aromatic heterocycles. The molecule has 0 spiro atoms. The molecule has 1 aromatic rings. The topological polar surface area (TPSA) is 32.3 Å². The van der Waals surface area contributed by atoms with Crippen molar-refractivity contribution in [2.24, 2.45) is 11.8 Å². The molecule has 1 unspecified atom stereocenters. The number of hydrogen-bond donors (Lipinski definition) is 2. The van der Waals surface area contributed by atoms with E-state index in [0.717, 1.165) is 38.4 Å². The molecule has 0 bridgehead atoms. The molecule has 1 saturated heterocycles. The Kier molecular flexibility index (Phi) is 4.21. The van der Waals surface area contributed by atoms with E-state index < -0.39 is 17.3 Å². The van der Waals surface area contributed by atoms with Crippen molar-refractivity contribution in [3.63, 3.8) is 0 Å². The number of halogens is 3. The normalized spacial score (nSPS) is 33.1. The van der Waals surface area contributed by atoms with Crippen LogP contribution in [0.5, 0.6) is 0 Å². The zero-order valence-electron chi connectivity index (χ0n) is 12.5. The maximum absolute atomic E-state index is 13.2. The minimum absolute atomic E-state index is 0.0468. The number of rotatable bonds is 2. The fraction of sp³-hybridized carbons (Fsp3) is 0.647. The Balaban J connectivity index is 1.78. The fourth-order valence-electron chi connectivity index (χ4n) is 4.07. The van der Waals surface area contributed by atoms with Gasteiger partial charge in [0, 0.05) is 0 Å². The molecule has 1 aliphatic heterocycles. The molecule has 122 valence electrons. The molecule has 22 heavy (non-hydrogen) atoms. The van der Waals surface area contributed by atoms with Gasteiger partial charge in [-0.3, -0.25) is 0 Å². The largest absolute Gasteiger partial charge is 0.416 e. The van der Waals surface area contributed by atoms with Gasteiger partial charge in [-0.1, -0.05) is 18.2 Å². The molecule has 1 heterocycles. The Morgan fingerprint density at radius 3 is 2.32 bits per heavy atom. The van der Waals surface area contributed by atoms with E-state index in [1.54, 1.807) is 6.07 Å². The van der Waals surface area contributed by atoms with Crippen LogP contribution >= 0.6 is 0 Å². The highest BCUT2D eigenvalue weighted by Crippen LogP contribution is 2.46. The Hall–Kier alpha value is -1.07. The van der Waals surface area contributed by atoms with E-state index in [-0.39, 0.29) is 5.56 Å². The average molecular weight is 313 g/mol. The fourth-order valence-corrected chi connectivity index (χ4v) is 4.07. The van der Waals surface area contributed by atoms with Crippen LogP contribution < -0.4 is 5.32 Å². The lowest BCUT2D eigenvalue weighted by atomic mass is 9.70. The third-order valence-corrected chi connectivity index (χ3v) is 5.36. The molecular weight excluding hydrogens is 291 g/mol. The smallest absolute Gasteiger partial charge is 0.385 e. The van der Waals surface area contributed by atoms with E-state index in [9.17, 15) is 18.3 Å². The van der Waals surface area contributed by atoms with Gasteiger partial charge in [-0.2, -0.15) is 13.2 Å². The van der Waals surface area contributed by atoms with Crippen molar-refractivity contribution in [2.45, 2.75) is 43.9 Å². The van der Waals surface area contributed by atoms with Crippen molar-refractivity contribution >= 4 is 0 Å². The molecule has 2 fully saturated rings. The molecule has 1 saturated carbocycles. The predicted molar refractivity (Wildman–Crippen MR) is 78.3 cm³/mol. The summed E-state index contributed by atoms with van der Waals surface area (Å²) in [6, 6.07) is 5.46. The van der Waals surface area contributed by atoms with Gasteiger partial charge >= 0.3 is 6.18 Å². The number of hydrogen-bond acceptors (Lipinski definition) is 2. The molecule has 2 N–H and O–H groups in total. The third kappa shape index (κ3) is 3.01. The lowest BCUT2D eigenvalue weighted by molar-refractivity contribution is -0.141. The SMILES string of the molecule is OC1(c2ccccc2C(F)(F)F)CCC(C2CCNC2)CC1. The molecule has 3 rings (SSSR count). The molecular formula is C17H22F3NO. The van der Waals surface area contributed by atoms with E-state index in [1.165, 1.54) is 12.1 Å². The van der Waals surface area contributed by atoms with Crippen LogP contribution in [0.2, 0.25) is 0 Å². The highest BCUT2D eigenvalue weighted by atomic mass is 19.4. The van der Waals surface area contributed by atoms with Gasteiger partial charge < -0.3 is 10.4 Å². The summed E-state index contributed by atoms with van der Waals surface area (Å²) in [6.07, 6.45) is -0.840. The van der Waals surface area contributed by atoms with Crippen LogP contribution in [0.15, 0.2) is 24.3 Å². The van der Waals surface area contributed by atoms with Crippen LogP contribution in [0.1, 0.15) is 43.2 Å². The minimum Gasteiger partial charge on any atom is -0.385 e. The van der Waals surface area contributed by atoms with E-state index >= 15 is 0 Å². The summed E-state index contributed by atoms with van der Waals surface area (Å²) in [5, 5.41) is 14.2. The van der Waals surface area contributed by atoms with Crippen molar-refractivity contribution in [1.29, 1.82) is 0 Å². The van der Waals surface area contributed by atoms with Crippen LogP contribution in [-0.4, -0.2) is 18.2 Å². The second-order valence-corrected chi connectivity index (χ2v) is 6.67. The van der Waals surface area contributed by atoms with E-state index in [4.69, 9.17) is 0 Å². The summed E-state index contributed by atoms with van der Waals surface area (Å²) in [6.45, 7) is 2.03. The predicted octanol–water partition coefficient (Wildman–Crippen LogP) is 3.69. The first-order valence-electron chi connectivity index (χ1n) is 8.00. The highest BCUT2D eigenvalue weighted by Gasteiger charge is 2.43. The zero-order valence-corrected chi connectivity index (χ0v) is 12.5. The van der Waals surface area contributed by atoms with Gasteiger partial charge in [-0.05, 0) is 68.7 Å².